The van der Waals surface area contributed by atoms with Gasteiger partial charge in [0.1, 0.15) is 22.4 Å². The fourth-order valence-electron chi connectivity index (χ4n) is 7.18. The third kappa shape index (κ3) is 3.50. The van der Waals surface area contributed by atoms with Crippen LogP contribution in [0.25, 0.3) is 16.7 Å². The number of Topliss-reactive ketones (excluding diaryl/α,β-unsaturated/α-hetero) is 1. The lowest BCUT2D eigenvalue weighted by molar-refractivity contribution is -0.0524. The second-order valence-corrected chi connectivity index (χ2v) is 10.7. The van der Waals surface area contributed by atoms with Crippen molar-refractivity contribution in [2.45, 2.75) is 44.9 Å². The van der Waals surface area contributed by atoms with Gasteiger partial charge in [-0.2, -0.15) is 0 Å². The summed E-state index contributed by atoms with van der Waals surface area (Å²) in [6, 6.07) is 6.14. The quantitative estimate of drug-likeness (QED) is 0.343. The number of pyridine rings is 2. The molecule has 0 unspecified atom stereocenters. The number of hydrogen-bond acceptors (Lipinski definition) is 3. The number of carbonyl (C=O) groups is 1. The molecule has 7 rings (SSSR count). The van der Waals surface area contributed by atoms with Crippen LogP contribution in [0.3, 0.4) is 0 Å². The van der Waals surface area contributed by atoms with Crippen LogP contribution in [0.1, 0.15) is 55.3 Å². The van der Waals surface area contributed by atoms with E-state index in [0.717, 1.165) is 31.4 Å². The molecule has 1 aromatic carbocycles. The third-order valence-corrected chi connectivity index (χ3v) is 8.20. The fraction of sp³-hybridized carbons (Fsp3) is 0.423. The van der Waals surface area contributed by atoms with Crippen molar-refractivity contribution in [1.82, 2.24) is 9.55 Å². The third-order valence-electron chi connectivity index (χ3n) is 7.99. The molecule has 2 heterocycles. The van der Waals surface area contributed by atoms with Crippen LogP contribution in [-0.2, 0) is 0 Å². The molecule has 0 amide bonds. The van der Waals surface area contributed by atoms with E-state index in [9.17, 15) is 18.4 Å². The van der Waals surface area contributed by atoms with E-state index in [0.29, 0.717) is 24.2 Å². The highest BCUT2D eigenvalue weighted by molar-refractivity contribution is 6.29. The molecule has 0 spiro atoms. The lowest BCUT2D eigenvalue weighted by Crippen LogP contribution is -2.47. The highest BCUT2D eigenvalue weighted by Crippen LogP contribution is 2.61. The molecule has 0 N–H and O–H groups in total. The number of fused-ring (bicyclic) bond motifs is 1. The molecule has 4 fully saturated rings. The van der Waals surface area contributed by atoms with Crippen molar-refractivity contribution in [1.29, 1.82) is 0 Å². The van der Waals surface area contributed by atoms with Crippen LogP contribution in [0, 0.1) is 34.8 Å². The van der Waals surface area contributed by atoms with Gasteiger partial charge in [0.05, 0.1) is 16.6 Å². The highest BCUT2D eigenvalue weighted by Gasteiger charge is 2.51. The second-order valence-electron chi connectivity index (χ2n) is 10.4. The van der Waals surface area contributed by atoms with Gasteiger partial charge in [0, 0.05) is 18.7 Å². The van der Waals surface area contributed by atoms with Crippen molar-refractivity contribution in [3.8, 4) is 5.69 Å². The van der Waals surface area contributed by atoms with Gasteiger partial charge in [0.15, 0.2) is 5.78 Å². The lowest BCUT2D eigenvalue weighted by Gasteiger charge is -2.56. The summed E-state index contributed by atoms with van der Waals surface area (Å²) < 4.78 is 29.6. The second kappa shape index (κ2) is 7.45. The summed E-state index contributed by atoms with van der Waals surface area (Å²) in [6.45, 7) is 0. The number of ketones is 1. The van der Waals surface area contributed by atoms with Gasteiger partial charge >= 0.3 is 0 Å². The smallest absolute Gasteiger partial charge is 0.201 e. The van der Waals surface area contributed by atoms with Gasteiger partial charge < -0.3 is 0 Å². The predicted molar refractivity (Wildman–Crippen MR) is 122 cm³/mol. The van der Waals surface area contributed by atoms with E-state index in [2.05, 4.69) is 4.98 Å². The van der Waals surface area contributed by atoms with E-state index >= 15 is 0 Å². The van der Waals surface area contributed by atoms with Crippen molar-refractivity contribution in [3.63, 3.8) is 0 Å². The minimum atomic E-state index is -0.818. The molecule has 4 nitrogen and oxygen atoms in total. The summed E-state index contributed by atoms with van der Waals surface area (Å²) in [4.78, 5) is 31.1. The molecule has 170 valence electrons. The van der Waals surface area contributed by atoms with Crippen LogP contribution in [0.4, 0.5) is 8.78 Å². The molecule has 4 saturated carbocycles. The van der Waals surface area contributed by atoms with Crippen LogP contribution in [0.15, 0.2) is 41.3 Å². The molecule has 3 aromatic rings. The number of hydrogen-bond donors (Lipinski definition) is 0. The molecule has 7 heteroatoms. The molecular weight excluding hydrogens is 446 g/mol. The van der Waals surface area contributed by atoms with E-state index < -0.39 is 17.1 Å². The van der Waals surface area contributed by atoms with E-state index in [4.69, 9.17) is 11.6 Å². The number of carbonyl (C=O) groups excluding carboxylic acids is 1. The first-order valence-electron chi connectivity index (χ1n) is 11.5. The van der Waals surface area contributed by atoms with Crippen molar-refractivity contribution in [3.05, 3.63) is 69.1 Å². The Balaban J connectivity index is 1.46. The first-order chi connectivity index (χ1) is 15.8. The summed E-state index contributed by atoms with van der Waals surface area (Å²) >= 11 is 6.05. The van der Waals surface area contributed by atoms with Gasteiger partial charge in [-0.3, -0.25) is 14.2 Å². The molecule has 2 aromatic heterocycles. The van der Waals surface area contributed by atoms with Crippen molar-refractivity contribution >= 4 is 28.4 Å². The van der Waals surface area contributed by atoms with Gasteiger partial charge in [-0.1, -0.05) is 11.6 Å². The van der Waals surface area contributed by atoms with Crippen LogP contribution in [0.2, 0.25) is 5.15 Å². The molecule has 33 heavy (non-hydrogen) atoms. The Morgan fingerprint density at radius 2 is 1.73 bits per heavy atom. The average molecular weight is 469 g/mol. The van der Waals surface area contributed by atoms with Gasteiger partial charge in [-0.15, -0.1) is 0 Å². The maximum absolute atomic E-state index is 14.7. The zero-order valence-electron chi connectivity index (χ0n) is 18.0. The number of benzene rings is 1. The number of rotatable bonds is 4. The van der Waals surface area contributed by atoms with E-state index in [1.807, 2.05) is 0 Å². The Bertz CT molecular complexity index is 1330. The Hall–Kier alpha value is -2.60. The topological polar surface area (TPSA) is 52.0 Å². The fourth-order valence-corrected chi connectivity index (χ4v) is 7.32. The molecule has 0 aliphatic heterocycles. The van der Waals surface area contributed by atoms with Gasteiger partial charge in [-0.05, 0) is 86.0 Å². The number of aromatic nitrogens is 2. The Labute approximate surface area is 194 Å². The SMILES string of the molecule is O=C(CC12CC3CC(CC(C3)C1)C2)c1cn(-c2ccc(F)cc2F)c2nc(Cl)ccc2c1=O. The molecule has 0 saturated heterocycles. The largest absolute Gasteiger partial charge is 0.297 e. The maximum atomic E-state index is 14.7. The maximum Gasteiger partial charge on any atom is 0.201 e. The van der Waals surface area contributed by atoms with Crippen LogP contribution >= 0.6 is 11.6 Å². The van der Waals surface area contributed by atoms with Crippen molar-refractivity contribution in [2.24, 2.45) is 23.2 Å². The van der Waals surface area contributed by atoms with Crippen molar-refractivity contribution in [2.75, 3.05) is 0 Å². The zero-order valence-corrected chi connectivity index (χ0v) is 18.7. The molecule has 4 bridgehead atoms. The molecule has 0 radical (unpaired) electrons. The van der Waals surface area contributed by atoms with Gasteiger partial charge in [0.2, 0.25) is 5.43 Å². The highest BCUT2D eigenvalue weighted by atomic mass is 35.5. The van der Waals surface area contributed by atoms with E-state index in [-0.39, 0.29) is 38.6 Å². The number of halogens is 3. The minimum Gasteiger partial charge on any atom is -0.297 e. The summed E-state index contributed by atoms with van der Waals surface area (Å²) in [7, 11) is 0. The molecule has 0 atom stereocenters. The van der Waals surface area contributed by atoms with Crippen LogP contribution in [-0.4, -0.2) is 15.3 Å². The average Bonchev–Trinajstić information content (AvgIpc) is 2.73. The van der Waals surface area contributed by atoms with Gasteiger partial charge in [0.25, 0.3) is 0 Å². The molecule has 4 aliphatic carbocycles. The molecular formula is C26H23ClF2N2O2. The predicted octanol–water partition coefficient (Wildman–Crippen LogP) is 6.11. The first-order valence-corrected chi connectivity index (χ1v) is 11.9. The Kier molecular flexibility index (Phi) is 4.74. The normalized spacial score (nSPS) is 27.9. The lowest BCUT2D eigenvalue weighted by atomic mass is 9.48. The van der Waals surface area contributed by atoms with E-state index in [1.54, 1.807) is 0 Å². The Morgan fingerprint density at radius 3 is 2.36 bits per heavy atom. The first kappa shape index (κ1) is 21.0. The van der Waals surface area contributed by atoms with Crippen LogP contribution < -0.4 is 5.43 Å². The summed E-state index contributed by atoms with van der Waals surface area (Å²) in [5, 5.41) is 0.310. The summed E-state index contributed by atoms with van der Waals surface area (Å²) in [5.41, 5.74) is -0.310. The minimum absolute atomic E-state index is 0.0000196. The summed E-state index contributed by atoms with van der Waals surface area (Å²) in [6.07, 6.45) is 8.66. The van der Waals surface area contributed by atoms with Crippen molar-refractivity contribution < 1.29 is 13.6 Å². The summed E-state index contributed by atoms with van der Waals surface area (Å²) in [5.74, 6) is 0.327. The number of nitrogens with zero attached hydrogens (tertiary/aromatic N) is 2. The Morgan fingerprint density at radius 1 is 1.06 bits per heavy atom. The standard InChI is InChI=1S/C26H23ClF2N2O2/c27-23-4-2-18-24(33)19(13-31(25(18)30-23)21-3-1-17(28)8-20(21)29)22(32)12-26-9-14-5-15(10-26)7-16(6-14)11-26/h1-4,8,13-16H,5-7,9-12H2. The van der Waals surface area contributed by atoms with Gasteiger partial charge in [-0.25, -0.2) is 13.8 Å². The van der Waals surface area contributed by atoms with Crippen LogP contribution in [0.5, 0.6) is 0 Å². The monoisotopic (exact) mass is 468 g/mol. The van der Waals surface area contributed by atoms with E-state index in [1.165, 1.54) is 48.2 Å². The zero-order chi connectivity index (χ0) is 22.9. The molecule has 4 aliphatic rings.